The summed E-state index contributed by atoms with van der Waals surface area (Å²) in [6, 6.07) is 20.7. The average Bonchev–Trinajstić information content (AvgIpc) is 2.94. The molecule has 4 nitrogen and oxygen atoms in total. The zero-order valence-electron chi connectivity index (χ0n) is 12.9. The highest BCUT2D eigenvalue weighted by Crippen LogP contribution is 2.26. The maximum Gasteiger partial charge on any atom is 0.228 e. The maximum absolute atomic E-state index is 12.2. The van der Waals surface area contributed by atoms with Gasteiger partial charge >= 0.3 is 0 Å². The van der Waals surface area contributed by atoms with E-state index in [0.29, 0.717) is 12.1 Å². The highest BCUT2D eigenvalue weighted by atomic mass is 16.3. The van der Waals surface area contributed by atoms with Gasteiger partial charge in [0.15, 0.2) is 0 Å². The van der Waals surface area contributed by atoms with E-state index in [4.69, 9.17) is 0 Å². The summed E-state index contributed by atoms with van der Waals surface area (Å²) in [6.07, 6.45) is 0.298. The van der Waals surface area contributed by atoms with Gasteiger partial charge in [0.05, 0.1) is 6.42 Å². The first-order valence-electron chi connectivity index (χ1n) is 7.77. The Kier molecular flexibility index (Phi) is 3.43. The van der Waals surface area contributed by atoms with Crippen molar-refractivity contribution >= 4 is 33.4 Å². The fourth-order valence-electron chi connectivity index (χ4n) is 2.95. The largest absolute Gasteiger partial charge is 0.508 e. The van der Waals surface area contributed by atoms with Crippen molar-refractivity contribution in [2.45, 2.75) is 6.42 Å². The molecule has 1 aromatic heterocycles. The zero-order valence-corrected chi connectivity index (χ0v) is 12.9. The Bertz CT molecular complexity index is 1030. The summed E-state index contributed by atoms with van der Waals surface area (Å²) in [5.74, 6) is 0.0911. The van der Waals surface area contributed by atoms with E-state index in [-0.39, 0.29) is 11.7 Å². The molecule has 118 valence electrons. The van der Waals surface area contributed by atoms with Gasteiger partial charge in [-0.3, -0.25) is 4.79 Å². The van der Waals surface area contributed by atoms with Crippen LogP contribution in [0.25, 0.3) is 21.8 Å². The van der Waals surface area contributed by atoms with E-state index in [9.17, 15) is 9.90 Å². The summed E-state index contributed by atoms with van der Waals surface area (Å²) in [5, 5.41) is 14.5. The molecular weight excluding hydrogens is 300 g/mol. The minimum atomic E-state index is -0.0869. The number of para-hydroxylation sites is 1. The van der Waals surface area contributed by atoms with Crippen molar-refractivity contribution in [2.24, 2.45) is 0 Å². The minimum absolute atomic E-state index is 0.0869. The van der Waals surface area contributed by atoms with E-state index < -0.39 is 0 Å². The molecule has 0 saturated carbocycles. The van der Waals surface area contributed by atoms with Gasteiger partial charge in [-0.25, -0.2) is 0 Å². The van der Waals surface area contributed by atoms with Crippen molar-refractivity contribution in [3.8, 4) is 5.75 Å². The number of nitrogens with one attached hydrogen (secondary N) is 2. The molecule has 0 aliphatic heterocycles. The summed E-state index contributed by atoms with van der Waals surface area (Å²) in [7, 11) is 0. The third kappa shape index (κ3) is 2.70. The number of benzene rings is 3. The van der Waals surface area contributed by atoms with Gasteiger partial charge in [0.2, 0.25) is 5.91 Å². The molecule has 3 aromatic carbocycles. The molecule has 4 heteroatoms. The zero-order chi connectivity index (χ0) is 16.5. The quantitative estimate of drug-likeness (QED) is 0.496. The molecule has 1 amide bonds. The molecule has 0 saturated heterocycles. The smallest absolute Gasteiger partial charge is 0.228 e. The summed E-state index contributed by atoms with van der Waals surface area (Å²) in [4.78, 5) is 15.6. The van der Waals surface area contributed by atoms with Crippen molar-refractivity contribution in [3.63, 3.8) is 0 Å². The molecule has 0 bridgehead atoms. The number of hydrogen-bond acceptors (Lipinski definition) is 2. The number of phenolic OH excluding ortho intramolecular Hbond substituents is 1. The highest BCUT2D eigenvalue weighted by Gasteiger charge is 2.08. The monoisotopic (exact) mass is 316 g/mol. The van der Waals surface area contributed by atoms with Crippen LogP contribution in [0.4, 0.5) is 5.69 Å². The third-order valence-corrected chi connectivity index (χ3v) is 4.09. The van der Waals surface area contributed by atoms with E-state index in [1.165, 1.54) is 5.39 Å². The van der Waals surface area contributed by atoms with E-state index in [2.05, 4.69) is 22.4 Å². The Morgan fingerprint density at radius 3 is 2.50 bits per heavy atom. The Hall–Kier alpha value is -3.27. The number of anilines is 1. The van der Waals surface area contributed by atoms with E-state index in [0.717, 1.165) is 22.0 Å². The summed E-state index contributed by atoms with van der Waals surface area (Å²) >= 11 is 0. The molecule has 4 aromatic rings. The van der Waals surface area contributed by atoms with Crippen LogP contribution >= 0.6 is 0 Å². The Labute approximate surface area is 138 Å². The molecule has 0 atom stereocenters. The van der Waals surface area contributed by atoms with Gasteiger partial charge < -0.3 is 15.4 Å². The van der Waals surface area contributed by atoms with Gasteiger partial charge in [-0.05, 0) is 42.0 Å². The van der Waals surface area contributed by atoms with Crippen molar-refractivity contribution in [1.82, 2.24) is 4.98 Å². The van der Waals surface area contributed by atoms with Crippen LogP contribution in [0.5, 0.6) is 5.75 Å². The van der Waals surface area contributed by atoms with Crippen LogP contribution in [0.3, 0.4) is 0 Å². The Balaban J connectivity index is 1.56. The number of rotatable bonds is 3. The molecule has 3 N–H and O–H groups in total. The number of phenols is 1. The number of aromatic amines is 1. The van der Waals surface area contributed by atoms with Gasteiger partial charge in [0.1, 0.15) is 5.75 Å². The van der Waals surface area contributed by atoms with Crippen molar-refractivity contribution < 1.29 is 9.90 Å². The van der Waals surface area contributed by atoms with E-state index in [1.54, 1.807) is 24.3 Å². The summed E-state index contributed by atoms with van der Waals surface area (Å²) in [5.41, 5.74) is 3.75. The molecule has 0 spiro atoms. The van der Waals surface area contributed by atoms with Crippen LogP contribution in [0.15, 0.2) is 66.7 Å². The molecule has 0 aliphatic carbocycles. The SMILES string of the molecule is O=C(Cc1ccc2c(c1)[nH]c1ccccc12)Nc1ccc(O)cc1. The lowest BCUT2D eigenvalue weighted by Gasteiger charge is -2.05. The second-order valence-corrected chi connectivity index (χ2v) is 5.82. The third-order valence-electron chi connectivity index (χ3n) is 4.09. The first-order valence-corrected chi connectivity index (χ1v) is 7.77. The standard InChI is InChI=1S/C20H16N2O2/c23-15-8-6-14(7-9-15)21-20(24)12-13-5-10-17-16-3-1-2-4-18(16)22-19(17)11-13/h1-11,22-23H,12H2,(H,21,24). The van der Waals surface area contributed by atoms with Crippen LogP contribution < -0.4 is 5.32 Å². The van der Waals surface area contributed by atoms with Crippen molar-refractivity contribution in [1.29, 1.82) is 0 Å². The lowest BCUT2D eigenvalue weighted by molar-refractivity contribution is -0.115. The van der Waals surface area contributed by atoms with Crippen LogP contribution in [0.1, 0.15) is 5.56 Å². The van der Waals surface area contributed by atoms with Crippen molar-refractivity contribution in [3.05, 3.63) is 72.3 Å². The van der Waals surface area contributed by atoms with E-state index in [1.807, 2.05) is 30.3 Å². The fraction of sp³-hybridized carbons (Fsp3) is 0.0500. The van der Waals surface area contributed by atoms with Gasteiger partial charge in [-0.15, -0.1) is 0 Å². The molecule has 1 heterocycles. The van der Waals surface area contributed by atoms with Gasteiger partial charge in [0, 0.05) is 27.5 Å². The van der Waals surface area contributed by atoms with Gasteiger partial charge in [0.25, 0.3) is 0 Å². The summed E-state index contributed by atoms with van der Waals surface area (Å²) in [6.45, 7) is 0. The van der Waals surface area contributed by atoms with Crippen LogP contribution in [0.2, 0.25) is 0 Å². The van der Waals surface area contributed by atoms with Crippen LogP contribution in [0, 0.1) is 0 Å². The molecule has 0 unspecified atom stereocenters. The molecular formula is C20H16N2O2. The number of carbonyl (C=O) groups excluding carboxylic acids is 1. The molecule has 0 fully saturated rings. The number of aromatic nitrogens is 1. The summed E-state index contributed by atoms with van der Waals surface area (Å²) < 4.78 is 0. The Morgan fingerprint density at radius 2 is 1.67 bits per heavy atom. The number of carbonyl (C=O) groups is 1. The van der Waals surface area contributed by atoms with E-state index >= 15 is 0 Å². The second-order valence-electron chi connectivity index (χ2n) is 5.82. The fourth-order valence-corrected chi connectivity index (χ4v) is 2.95. The first kappa shape index (κ1) is 14.3. The minimum Gasteiger partial charge on any atom is -0.508 e. The predicted octanol–water partition coefficient (Wildman–Crippen LogP) is 4.21. The highest BCUT2D eigenvalue weighted by molar-refractivity contribution is 6.07. The lowest BCUT2D eigenvalue weighted by atomic mass is 10.1. The van der Waals surface area contributed by atoms with Crippen LogP contribution in [-0.4, -0.2) is 16.0 Å². The number of amides is 1. The van der Waals surface area contributed by atoms with Gasteiger partial charge in [-0.2, -0.15) is 0 Å². The predicted molar refractivity (Wildman–Crippen MR) is 96.2 cm³/mol. The average molecular weight is 316 g/mol. The van der Waals surface area contributed by atoms with Crippen LogP contribution in [-0.2, 0) is 11.2 Å². The number of aromatic hydroxyl groups is 1. The first-order chi connectivity index (χ1) is 11.7. The maximum atomic E-state index is 12.2. The molecule has 0 aliphatic rings. The number of H-pyrrole nitrogens is 1. The second kappa shape index (κ2) is 5.74. The van der Waals surface area contributed by atoms with Crippen molar-refractivity contribution in [2.75, 3.05) is 5.32 Å². The lowest BCUT2D eigenvalue weighted by Crippen LogP contribution is -2.14. The molecule has 24 heavy (non-hydrogen) atoms. The van der Waals surface area contributed by atoms with Gasteiger partial charge in [-0.1, -0.05) is 30.3 Å². The molecule has 4 rings (SSSR count). The number of fused-ring (bicyclic) bond motifs is 3. The topological polar surface area (TPSA) is 65.1 Å². The Morgan fingerprint density at radius 1 is 0.917 bits per heavy atom. The normalized spacial score (nSPS) is 11.0. The molecule has 0 radical (unpaired) electrons. The number of hydrogen-bond donors (Lipinski definition) is 3.